The Morgan fingerprint density at radius 1 is 1.29 bits per heavy atom. The number of nitrogens with two attached hydrogens (primary N) is 1. The van der Waals surface area contributed by atoms with E-state index in [1.807, 2.05) is 0 Å². The molecule has 1 aliphatic heterocycles. The first-order valence-corrected chi connectivity index (χ1v) is 8.92. The van der Waals surface area contributed by atoms with Gasteiger partial charge in [0.25, 0.3) is 0 Å². The molecule has 0 aromatic heterocycles. The van der Waals surface area contributed by atoms with Gasteiger partial charge in [-0.1, -0.05) is 18.0 Å². The maximum atomic E-state index is 13.9. The summed E-state index contributed by atoms with van der Waals surface area (Å²) in [5.74, 6) is -0.305. The molecule has 3 rings (SSSR count). The molecule has 3 unspecified atom stereocenters. The molecule has 1 aromatic rings. The number of nitrogens with zero attached hydrogens (tertiary/aromatic N) is 1. The molecule has 116 valence electrons. The summed E-state index contributed by atoms with van der Waals surface area (Å²) in [6, 6.07) is 3.64. The fourth-order valence-electron chi connectivity index (χ4n) is 3.49. The van der Waals surface area contributed by atoms with Gasteiger partial charge in [0.05, 0.1) is 0 Å². The average molecular weight is 333 g/mol. The Balaban J connectivity index is 1.91. The van der Waals surface area contributed by atoms with E-state index in [0.717, 1.165) is 25.3 Å². The van der Waals surface area contributed by atoms with Gasteiger partial charge >= 0.3 is 0 Å². The van der Waals surface area contributed by atoms with Crippen molar-refractivity contribution in [3.05, 3.63) is 29.0 Å². The van der Waals surface area contributed by atoms with Gasteiger partial charge < -0.3 is 5.73 Å². The van der Waals surface area contributed by atoms with Crippen LogP contribution < -0.4 is 5.73 Å². The third kappa shape index (κ3) is 2.70. The maximum Gasteiger partial charge on any atom is 0.246 e. The predicted octanol–water partition coefficient (Wildman–Crippen LogP) is 2.23. The highest BCUT2D eigenvalue weighted by atomic mass is 35.5. The molecule has 4 nitrogen and oxygen atoms in total. The van der Waals surface area contributed by atoms with E-state index in [2.05, 4.69) is 0 Å². The van der Waals surface area contributed by atoms with E-state index in [0.29, 0.717) is 13.1 Å². The highest BCUT2D eigenvalue weighted by molar-refractivity contribution is 7.89. The standard InChI is InChI=1S/C14H18ClFN2O2S/c15-10-4-5-12(16)14(6-10)21(19,20)18-7-9-2-1-3-13(17)11(9)8-18/h4-6,9,11,13H,1-3,7-8,17H2. The lowest BCUT2D eigenvalue weighted by Gasteiger charge is -2.29. The first kappa shape index (κ1) is 15.2. The van der Waals surface area contributed by atoms with Gasteiger partial charge in [-0.2, -0.15) is 4.31 Å². The van der Waals surface area contributed by atoms with Crippen LogP contribution in [0, 0.1) is 17.7 Å². The third-order valence-corrected chi connectivity index (χ3v) is 6.71. The largest absolute Gasteiger partial charge is 0.327 e. The van der Waals surface area contributed by atoms with Crippen molar-refractivity contribution in [1.82, 2.24) is 4.31 Å². The zero-order valence-corrected chi connectivity index (χ0v) is 13.1. The van der Waals surface area contributed by atoms with Crippen molar-refractivity contribution >= 4 is 21.6 Å². The third-order valence-electron chi connectivity index (χ3n) is 4.63. The van der Waals surface area contributed by atoms with E-state index in [1.54, 1.807) is 0 Å². The van der Waals surface area contributed by atoms with Gasteiger partial charge in [-0.05, 0) is 42.9 Å². The molecular formula is C14H18ClFN2O2S. The lowest BCUT2D eigenvalue weighted by Crippen LogP contribution is -2.38. The Morgan fingerprint density at radius 2 is 2.05 bits per heavy atom. The molecule has 0 spiro atoms. The molecule has 0 amide bonds. The zero-order chi connectivity index (χ0) is 15.2. The number of fused-ring (bicyclic) bond motifs is 1. The summed E-state index contributed by atoms with van der Waals surface area (Å²) in [5, 5.41) is 0.211. The number of hydrogen-bond acceptors (Lipinski definition) is 3. The minimum absolute atomic E-state index is 0.0353. The monoisotopic (exact) mass is 332 g/mol. The molecule has 1 aliphatic carbocycles. The van der Waals surface area contributed by atoms with E-state index in [4.69, 9.17) is 17.3 Å². The summed E-state index contributed by atoms with van der Waals surface area (Å²) >= 11 is 5.81. The summed E-state index contributed by atoms with van der Waals surface area (Å²) in [6.45, 7) is 0.798. The van der Waals surface area contributed by atoms with Crippen LogP contribution in [0.3, 0.4) is 0 Å². The van der Waals surface area contributed by atoms with Gasteiger partial charge in [0.1, 0.15) is 10.7 Å². The van der Waals surface area contributed by atoms with E-state index < -0.39 is 15.8 Å². The van der Waals surface area contributed by atoms with E-state index in [1.165, 1.54) is 16.4 Å². The summed E-state index contributed by atoms with van der Waals surface area (Å²) in [6.07, 6.45) is 2.95. The molecule has 1 heterocycles. The van der Waals surface area contributed by atoms with E-state index in [-0.39, 0.29) is 27.8 Å². The lowest BCUT2D eigenvalue weighted by molar-refractivity contribution is 0.260. The number of sulfonamides is 1. The molecule has 2 aliphatic rings. The molecule has 7 heteroatoms. The molecule has 0 radical (unpaired) electrons. The second kappa shape index (κ2) is 5.50. The molecule has 2 N–H and O–H groups in total. The van der Waals surface area contributed by atoms with Crippen LogP contribution in [0.5, 0.6) is 0 Å². The van der Waals surface area contributed by atoms with Gasteiger partial charge in [0.15, 0.2) is 0 Å². The molecule has 21 heavy (non-hydrogen) atoms. The first-order valence-electron chi connectivity index (χ1n) is 7.10. The van der Waals surface area contributed by atoms with Gasteiger partial charge in [-0.15, -0.1) is 0 Å². The first-order chi connectivity index (χ1) is 9.89. The Labute approximate surface area is 129 Å². The predicted molar refractivity (Wildman–Crippen MR) is 79.0 cm³/mol. The SMILES string of the molecule is NC1CCCC2CN(S(=O)(=O)c3cc(Cl)ccc3F)CC12. The minimum Gasteiger partial charge on any atom is -0.327 e. The average Bonchev–Trinajstić information content (AvgIpc) is 2.88. The quantitative estimate of drug-likeness (QED) is 0.903. The van der Waals surface area contributed by atoms with Gasteiger partial charge in [-0.25, -0.2) is 12.8 Å². The summed E-state index contributed by atoms with van der Waals surface area (Å²) in [4.78, 5) is -0.345. The smallest absolute Gasteiger partial charge is 0.246 e. The van der Waals surface area contributed by atoms with Crippen LogP contribution >= 0.6 is 11.6 Å². The van der Waals surface area contributed by atoms with Crippen LogP contribution in [0.25, 0.3) is 0 Å². The summed E-state index contributed by atoms with van der Waals surface area (Å²) in [5.41, 5.74) is 6.10. The van der Waals surface area contributed by atoms with Gasteiger partial charge in [0, 0.05) is 24.2 Å². The summed E-state index contributed by atoms with van der Waals surface area (Å²) in [7, 11) is -3.86. The second-order valence-electron chi connectivity index (χ2n) is 5.92. The van der Waals surface area contributed by atoms with Crippen molar-refractivity contribution in [2.45, 2.75) is 30.2 Å². The minimum atomic E-state index is -3.86. The molecule has 1 saturated heterocycles. The van der Waals surface area contributed by atoms with Crippen LogP contribution in [-0.4, -0.2) is 31.9 Å². The highest BCUT2D eigenvalue weighted by Crippen LogP contribution is 2.38. The number of benzene rings is 1. The normalized spacial score (nSPS) is 30.3. The Kier molecular flexibility index (Phi) is 3.98. The highest BCUT2D eigenvalue weighted by Gasteiger charge is 2.43. The van der Waals surface area contributed by atoms with Crippen molar-refractivity contribution in [2.24, 2.45) is 17.6 Å². The fraction of sp³-hybridized carbons (Fsp3) is 0.571. The molecule has 1 aromatic carbocycles. The van der Waals surface area contributed by atoms with Crippen LogP contribution in [0.1, 0.15) is 19.3 Å². The molecule has 0 bridgehead atoms. The van der Waals surface area contributed by atoms with Crippen molar-refractivity contribution in [2.75, 3.05) is 13.1 Å². The number of rotatable bonds is 2. The van der Waals surface area contributed by atoms with E-state index in [9.17, 15) is 12.8 Å². The Hall–Kier alpha value is -0.690. The topological polar surface area (TPSA) is 63.4 Å². The second-order valence-corrected chi connectivity index (χ2v) is 8.26. The molecule has 1 saturated carbocycles. The van der Waals surface area contributed by atoms with Crippen molar-refractivity contribution < 1.29 is 12.8 Å². The van der Waals surface area contributed by atoms with E-state index >= 15 is 0 Å². The van der Waals surface area contributed by atoms with Gasteiger partial charge in [-0.3, -0.25) is 0 Å². The van der Waals surface area contributed by atoms with Crippen molar-refractivity contribution in [1.29, 1.82) is 0 Å². The lowest BCUT2D eigenvalue weighted by atomic mass is 9.78. The zero-order valence-electron chi connectivity index (χ0n) is 11.5. The molecule has 3 atom stereocenters. The Bertz CT molecular complexity index is 652. The number of hydrogen-bond donors (Lipinski definition) is 1. The van der Waals surface area contributed by atoms with Crippen molar-refractivity contribution in [3.8, 4) is 0 Å². The van der Waals surface area contributed by atoms with Crippen LogP contribution in [-0.2, 0) is 10.0 Å². The van der Waals surface area contributed by atoms with Crippen LogP contribution in [0.15, 0.2) is 23.1 Å². The summed E-state index contributed by atoms with van der Waals surface area (Å²) < 4.78 is 40.5. The molecule has 2 fully saturated rings. The van der Waals surface area contributed by atoms with Gasteiger partial charge in [0.2, 0.25) is 10.0 Å². The molecular weight excluding hydrogens is 315 g/mol. The van der Waals surface area contributed by atoms with Crippen LogP contribution in [0.2, 0.25) is 5.02 Å². The maximum absolute atomic E-state index is 13.9. The number of halogens is 2. The van der Waals surface area contributed by atoms with Crippen molar-refractivity contribution in [3.63, 3.8) is 0 Å². The Morgan fingerprint density at radius 3 is 2.76 bits per heavy atom. The van der Waals surface area contributed by atoms with Crippen LogP contribution in [0.4, 0.5) is 4.39 Å². The fourth-order valence-corrected chi connectivity index (χ4v) is 5.35.